The first-order valence-corrected chi connectivity index (χ1v) is 25.9. The summed E-state index contributed by atoms with van der Waals surface area (Å²) in [5, 5.41) is 8.46. The molecule has 332 valence electrons. The molecule has 0 saturated carbocycles. The Kier molecular flexibility index (Phi) is 51.0. The average Bonchev–Trinajstić information content (AvgIpc) is 3.16. The number of unbranched alkanes of at least 4 members (excludes halogenated alkanes) is 40. The molecule has 0 heterocycles. The van der Waals surface area contributed by atoms with Crippen LogP contribution >= 0.6 is 0 Å². The molecule has 0 rings (SSSR count). The van der Waals surface area contributed by atoms with Gasteiger partial charge in [-0.2, -0.15) is 0 Å². The highest BCUT2D eigenvalue weighted by Gasteiger charge is 2.17. The molecule has 0 aliphatic heterocycles. The molecule has 0 atom stereocenters. The number of aliphatic carboxylic acids is 1. The molecule has 0 aromatic rings. The van der Waals surface area contributed by atoms with Crippen molar-refractivity contribution < 1.29 is 9.90 Å². The maximum atomic E-state index is 10.3. The van der Waals surface area contributed by atoms with Crippen LogP contribution in [0.4, 0.5) is 0 Å². The summed E-state index contributed by atoms with van der Waals surface area (Å²) in [6, 6.07) is 0. The van der Waals surface area contributed by atoms with Gasteiger partial charge in [-0.25, -0.2) is 0 Å². The molecule has 3 heteroatoms. The summed E-state index contributed by atoms with van der Waals surface area (Å²) in [6.07, 6.45) is 63.0. The van der Waals surface area contributed by atoms with Gasteiger partial charge in [-0.15, -0.1) is 0 Å². The molecular weight excluding hydrogens is 671 g/mol. The number of hydrogen-bond acceptors (Lipinski definition) is 2. The van der Waals surface area contributed by atoms with Gasteiger partial charge in [0.15, 0.2) is 0 Å². The number of carboxylic acid groups (broad SMARTS) is 1. The van der Waals surface area contributed by atoms with Crippen molar-refractivity contribution >= 4 is 5.97 Å². The van der Waals surface area contributed by atoms with Gasteiger partial charge in [0.05, 0.1) is 0 Å². The predicted octanol–water partition coefficient (Wildman–Crippen LogP) is 18.8. The largest absolute Gasteiger partial charge is 0.481 e. The normalized spacial score (nSPS) is 11.6. The SMILES string of the molecule is CCCCCCCCCCCCCC(=O)O.CCCCCCCCCCCCCCCCCCC(C)(N)CCCCCCCCCCCCCCCCCC. The number of nitrogens with two attached hydrogens (primary N) is 1. The van der Waals surface area contributed by atoms with Crippen molar-refractivity contribution in [3.63, 3.8) is 0 Å². The summed E-state index contributed by atoms with van der Waals surface area (Å²) in [5.74, 6) is -0.657. The molecule has 0 aromatic carbocycles. The number of rotatable bonds is 46. The monoisotopic (exact) mass is 778 g/mol. The van der Waals surface area contributed by atoms with Crippen LogP contribution in [-0.2, 0) is 4.79 Å². The summed E-state index contributed by atoms with van der Waals surface area (Å²) in [5.41, 5.74) is 6.71. The Bertz CT molecular complexity index is 653. The zero-order valence-corrected chi connectivity index (χ0v) is 39.0. The number of hydrogen-bond donors (Lipinski definition) is 2. The third-order valence-electron chi connectivity index (χ3n) is 12.2. The molecule has 3 nitrogen and oxygen atoms in total. The second kappa shape index (κ2) is 49.6. The summed E-state index contributed by atoms with van der Waals surface area (Å²) < 4.78 is 0. The van der Waals surface area contributed by atoms with Crippen LogP contribution in [-0.4, -0.2) is 16.6 Å². The van der Waals surface area contributed by atoms with Gasteiger partial charge >= 0.3 is 5.97 Å². The van der Waals surface area contributed by atoms with Crippen molar-refractivity contribution in [1.82, 2.24) is 0 Å². The Morgan fingerprint density at radius 2 is 0.491 bits per heavy atom. The minimum atomic E-state index is -0.657. The second-order valence-corrected chi connectivity index (χ2v) is 18.4. The second-order valence-electron chi connectivity index (χ2n) is 18.4. The van der Waals surface area contributed by atoms with Gasteiger partial charge in [-0.3, -0.25) is 4.79 Å². The lowest BCUT2D eigenvalue weighted by molar-refractivity contribution is -0.137. The average molecular weight is 778 g/mol. The Labute approximate surface area is 349 Å². The van der Waals surface area contributed by atoms with Crippen molar-refractivity contribution in [3.8, 4) is 0 Å². The first-order chi connectivity index (χ1) is 26.9. The van der Waals surface area contributed by atoms with Crippen LogP contribution in [0.1, 0.15) is 323 Å². The summed E-state index contributed by atoms with van der Waals surface area (Å²) in [4.78, 5) is 10.3. The minimum absolute atomic E-state index is 0.0754. The van der Waals surface area contributed by atoms with Crippen molar-refractivity contribution in [2.24, 2.45) is 5.73 Å². The van der Waals surface area contributed by atoms with Gasteiger partial charge in [-0.05, 0) is 26.2 Å². The van der Waals surface area contributed by atoms with E-state index in [0.717, 1.165) is 12.8 Å². The maximum Gasteiger partial charge on any atom is 0.303 e. The number of carbonyl (C=O) groups is 1. The van der Waals surface area contributed by atoms with Crippen LogP contribution in [0, 0.1) is 0 Å². The van der Waals surface area contributed by atoms with Crippen LogP contribution in [0.2, 0.25) is 0 Å². The van der Waals surface area contributed by atoms with Crippen molar-refractivity contribution in [1.29, 1.82) is 0 Å². The molecule has 0 bridgehead atoms. The van der Waals surface area contributed by atoms with Gasteiger partial charge < -0.3 is 10.8 Å². The topological polar surface area (TPSA) is 63.3 Å². The molecular formula is C52H107NO2. The van der Waals surface area contributed by atoms with E-state index < -0.39 is 5.97 Å². The molecule has 3 N–H and O–H groups in total. The first kappa shape index (κ1) is 56.5. The van der Waals surface area contributed by atoms with E-state index in [-0.39, 0.29) is 5.54 Å². The van der Waals surface area contributed by atoms with E-state index in [1.54, 1.807) is 0 Å². The van der Waals surface area contributed by atoms with E-state index in [9.17, 15) is 4.79 Å². The standard InChI is InChI=1S/C38H79N.C14H28O2/c1-4-6-8-10-12-14-16-18-20-22-24-26-28-30-32-34-36-38(3,39)37-35-33-31-29-27-25-23-21-19-17-15-13-11-9-7-5-2;1-2-3-4-5-6-7-8-9-10-11-12-13-14(15)16/h4-37,39H2,1-3H3;2-13H2,1H3,(H,15,16). The molecule has 0 aliphatic carbocycles. The highest BCUT2D eigenvalue weighted by molar-refractivity contribution is 5.66. The van der Waals surface area contributed by atoms with E-state index in [4.69, 9.17) is 10.8 Å². The highest BCUT2D eigenvalue weighted by atomic mass is 16.4. The van der Waals surface area contributed by atoms with E-state index >= 15 is 0 Å². The van der Waals surface area contributed by atoms with E-state index in [1.807, 2.05) is 0 Å². The zero-order valence-electron chi connectivity index (χ0n) is 39.0. The third kappa shape index (κ3) is 55.6. The first-order valence-electron chi connectivity index (χ1n) is 25.9. The Morgan fingerprint density at radius 3 is 0.673 bits per heavy atom. The van der Waals surface area contributed by atoms with Gasteiger partial charge in [0.2, 0.25) is 0 Å². The van der Waals surface area contributed by atoms with E-state index in [0.29, 0.717) is 6.42 Å². The Morgan fingerprint density at radius 1 is 0.327 bits per heavy atom. The summed E-state index contributed by atoms with van der Waals surface area (Å²) in [7, 11) is 0. The van der Waals surface area contributed by atoms with Gasteiger partial charge in [0.1, 0.15) is 0 Å². The van der Waals surface area contributed by atoms with Crippen molar-refractivity contribution in [2.75, 3.05) is 0 Å². The molecule has 0 spiro atoms. The van der Waals surface area contributed by atoms with Crippen LogP contribution in [0.5, 0.6) is 0 Å². The zero-order chi connectivity index (χ0) is 40.6. The van der Waals surface area contributed by atoms with Crippen molar-refractivity contribution in [3.05, 3.63) is 0 Å². The van der Waals surface area contributed by atoms with Gasteiger partial charge in [-0.1, -0.05) is 290 Å². The van der Waals surface area contributed by atoms with E-state index in [1.165, 1.54) is 276 Å². The lowest BCUT2D eigenvalue weighted by Gasteiger charge is -2.24. The molecule has 0 unspecified atom stereocenters. The quantitative estimate of drug-likeness (QED) is 0.0605. The van der Waals surface area contributed by atoms with Crippen LogP contribution in [0.15, 0.2) is 0 Å². The van der Waals surface area contributed by atoms with Crippen LogP contribution in [0.25, 0.3) is 0 Å². The molecule has 55 heavy (non-hydrogen) atoms. The lowest BCUT2D eigenvalue weighted by atomic mass is 9.89. The molecule has 0 aromatic heterocycles. The smallest absolute Gasteiger partial charge is 0.303 e. The molecule has 0 aliphatic rings. The van der Waals surface area contributed by atoms with Gasteiger partial charge in [0, 0.05) is 12.0 Å². The van der Waals surface area contributed by atoms with Crippen LogP contribution in [0.3, 0.4) is 0 Å². The lowest BCUT2D eigenvalue weighted by Crippen LogP contribution is -2.35. The fourth-order valence-corrected chi connectivity index (χ4v) is 8.22. The van der Waals surface area contributed by atoms with Crippen LogP contribution < -0.4 is 5.73 Å². The van der Waals surface area contributed by atoms with Crippen molar-refractivity contribution in [2.45, 2.75) is 329 Å². The summed E-state index contributed by atoms with van der Waals surface area (Å²) >= 11 is 0. The molecule has 0 fully saturated rings. The Balaban J connectivity index is 0. The molecule has 0 saturated heterocycles. The summed E-state index contributed by atoms with van der Waals surface area (Å²) in [6.45, 7) is 9.17. The third-order valence-corrected chi connectivity index (χ3v) is 12.2. The van der Waals surface area contributed by atoms with E-state index in [2.05, 4.69) is 27.7 Å². The fourth-order valence-electron chi connectivity index (χ4n) is 8.22. The maximum absolute atomic E-state index is 10.3. The predicted molar refractivity (Wildman–Crippen MR) is 250 cm³/mol. The number of carboxylic acids is 1. The Hall–Kier alpha value is -0.570. The molecule has 0 amide bonds. The molecule has 0 radical (unpaired) electrons. The highest BCUT2D eigenvalue weighted by Crippen LogP contribution is 2.22. The van der Waals surface area contributed by atoms with Gasteiger partial charge in [0.25, 0.3) is 0 Å². The fraction of sp³-hybridized carbons (Fsp3) is 0.981. The minimum Gasteiger partial charge on any atom is -0.481 e.